The summed E-state index contributed by atoms with van der Waals surface area (Å²) in [7, 11) is 0. The lowest BCUT2D eigenvalue weighted by Gasteiger charge is -2.28. The monoisotopic (exact) mass is 532 g/mol. The Kier molecular flexibility index (Phi) is 9.15. The zero-order valence-electron chi connectivity index (χ0n) is 21.7. The smallest absolute Gasteiger partial charge is 0.408 e. The minimum Gasteiger partial charge on any atom is -0.442 e. The van der Waals surface area contributed by atoms with Gasteiger partial charge in [-0.3, -0.25) is 0 Å². The molecule has 4 rings (SSSR count). The molecule has 1 aliphatic heterocycles. The van der Waals surface area contributed by atoms with Crippen molar-refractivity contribution in [1.29, 1.82) is 10.8 Å². The van der Waals surface area contributed by atoms with Crippen molar-refractivity contribution in [3.05, 3.63) is 100 Å². The molecule has 0 aliphatic carbocycles. The molecule has 2 atom stereocenters. The molecule has 7 nitrogen and oxygen atoms in total. The van der Waals surface area contributed by atoms with Gasteiger partial charge in [0.15, 0.2) is 0 Å². The third-order valence-corrected chi connectivity index (χ3v) is 6.94. The van der Waals surface area contributed by atoms with E-state index >= 15 is 0 Å². The van der Waals surface area contributed by atoms with E-state index in [1.165, 1.54) is 11.3 Å². The van der Waals surface area contributed by atoms with Crippen LogP contribution in [0.4, 0.5) is 10.5 Å². The van der Waals surface area contributed by atoms with Crippen molar-refractivity contribution < 1.29 is 14.3 Å². The molecule has 3 N–H and O–H groups in total. The van der Waals surface area contributed by atoms with Gasteiger partial charge in [0.05, 0.1) is 18.9 Å². The number of nitrogens with zero attached hydrogens (tertiary/aromatic N) is 1. The number of hydrogen-bond donors (Lipinski definition) is 3. The summed E-state index contributed by atoms with van der Waals surface area (Å²) in [6, 6.07) is 22.5. The Morgan fingerprint density at radius 3 is 2.21 bits per heavy atom. The van der Waals surface area contributed by atoms with Crippen molar-refractivity contribution in [3.8, 4) is 0 Å². The number of anilines is 1. The molecule has 0 radical (unpaired) electrons. The van der Waals surface area contributed by atoms with E-state index in [1.54, 1.807) is 26.0 Å². The fraction of sp³-hybridized carbons (Fsp3) is 0.300. The highest BCUT2D eigenvalue weighted by molar-refractivity contribution is 6.31. The summed E-state index contributed by atoms with van der Waals surface area (Å²) < 4.78 is 10.9. The number of carbonyl (C=O) groups excluding carboxylic acids is 1. The number of benzene rings is 3. The highest BCUT2D eigenvalue weighted by Crippen LogP contribution is 2.25. The fourth-order valence-electron chi connectivity index (χ4n) is 4.43. The second-order valence-corrected chi connectivity index (χ2v) is 9.79. The van der Waals surface area contributed by atoms with Crippen LogP contribution in [-0.2, 0) is 15.9 Å². The van der Waals surface area contributed by atoms with Crippen LogP contribution in [0, 0.1) is 10.8 Å². The zero-order valence-corrected chi connectivity index (χ0v) is 22.4. The number of carbonyl (C=O) groups is 1. The maximum atomic E-state index is 12.6. The molecule has 0 spiro atoms. The molecule has 3 aromatic rings. The number of nitrogens with one attached hydrogen (secondary N) is 3. The van der Waals surface area contributed by atoms with Gasteiger partial charge in [-0.15, -0.1) is 0 Å². The Balaban J connectivity index is 1.36. The van der Waals surface area contributed by atoms with Gasteiger partial charge in [-0.1, -0.05) is 66.2 Å². The third-order valence-electron chi connectivity index (χ3n) is 6.60. The average molecular weight is 533 g/mol. The highest BCUT2D eigenvalue weighted by Gasteiger charge is 2.23. The largest absolute Gasteiger partial charge is 0.442 e. The predicted octanol–water partition coefficient (Wildman–Crippen LogP) is 6.03. The van der Waals surface area contributed by atoms with Gasteiger partial charge in [-0.25, -0.2) is 4.79 Å². The average Bonchev–Trinajstić information content (AvgIpc) is 2.93. The number of rotatable bonds is 9. The van der Waals surface area contributed by atoms with Crippen molar-refractivity contribution in [2.24, 2.45) is 0 Å². The predicted molar refractivity (Wildman–Crippen MR) is 152 cm³/mol. The molecule has 38 heavy (non-hydrogen) atoms. The van der Waals surface area contributed by atoms with Gasteiger partial charge in [-0.05, 0) is 55.2 Å². The van der Waals surface area contributed by atoms with Crippen molar-refractivity contribution in [2.45, 2.75) is 32.4 Å². The van der Waals surface area contributed by atoms with Gasteiger partial charge in [-0.2, -0.15) is 0 Å². The Bertz CT molecular complexity index is 1270. The van der Waals surface area contributed by atoms with E-state index < -0.39 is 18.2 Å². The summed E-state index contributed by atoms with van der Waals surface area (Å²) >= 11 is 6.21. The molecule has 3 aromatic carbocycles. The topological polar surface area (TPSA) is 98.5 Å². The summed E-state index contributed by atoms with van der Waals surface area (Å²) in [6.07, 6.45) is -0.517. The molecule has 0 bridgehead atoms. The van der Waals surface area contributed by atoms with E-state index in [-0.39, 0.29) is 11.4 Å². The van der Waals surface area contributed by atoms with E-state index in [2.05, 4.69) is 34.5 Å². The van der Waals surface area contributed by atoms with E-state index in [1.807, 2.05) is 36.4 Å². The molecule has 8 heteroatoms. The summed E-state index contributed by atoms with van der Waals surface area (Å²) in [4.78, 5) is 14.9. The van der Waals surface area contributed by atoms with Gasteiger partial charge >= 0.3 is 6.09 Å². The first kappa shape index (κ1) is 27.4. The first-order valence-corrected chi connectivity index (χ1v) is 13.1. The van der Waals surface area contributed by atoms with Gasteiger partial charge in [0, 0.05) is 35.1 Å². The Hall–Kier alpha value is -3.68. The van der Waals surface area contributed by atoms with Gasteiger partial charge in [0.1, 0.15) is 12.1 Å². The lowest BCUT2D eigenvalue weighted by Crippen LogP contribution is -2.45. The number of alkyl carbamates (subject to hydrolysis) is 1. The molecular weight excluding hydrogens is 500 g/mol. The first-order valence-electron chi connectivity index (χ1n) is 12.7. The summed E-state index contributed by atoms with van der Waals surface area (Å²) in [5.41, 5.74) is 5.12. The normalized spacial score (nSPS) is 14.9. The molecular formula is C30H33ClN4O3. The molecule has 1 saturated heterocycles. The number of morpholine rings is 1. The Morgan fingerprint density at radius 1 is 1.00 bits per heavy atom. The Labute approximate surface area is 228 Å². The minimum absolute atomic E-state index is 0.126. The van der Waals surface area contributed by atoms with Crippen LogP contribution < -0.4 is 10.2 Å². The highest BCUT2D eigenvalue weighted by atomic mass is 35.5. The minimum atomic E-state index is -0.903. The van der Waals surface area contributed by atoms with Crippen LogP contribution in [0.1, 0.15) is 42.2 Å². The lowest BCUT2D eigenvalue weighted by atomic mass is 9.97. The quantitative estimate of drug-likeness (QED) is 0.293. The van der Waals surface area contributed by atoms with Crippen molar-refractivity contribution in [2.75, 3.05) is 31.2 Å². The molecule has 0 aromatic heterocycles. The lowest BCUT2D eigenvalue weighted by molar-refractivity contribution is 0.107. The van der Waals surface area contributed by atoms with Gasteiger partial charge < -0.3 is 30.5 Å². The van der Waals surface area contributed by atoms with Crippen LogP contribution in [0.5, 0.6) is 0 Å². The summed E-state index contributed by atoms with van der Waals surface area (Å²) in [5.74, 6) is 0. The van der Waals surface area contributed by atoms with Crippen LogP contribution >= 0.6 is 11.6 Å². The Morgan fingerprint density at radius 2 is 1.61 bits per heavy atom. The molecule has 2 unspecified atom stereocenters. The second kappa shape index (κ2) is 12.7. The van der Waals surface area contributed by atoms with Crippen LogP contribution in [0.3, 0.4) is 0 Å². The molecule has 1 heterocycles. The zero-order chi connectivity index (χ0) is 27.1. The molecule has 198 valence electrons. The number of ether oxygens (including phenoxy) is 2. The molecule has 1 fully saturated rings. The third kappa shape index (κ3) is 7.00. The number of hydrogen-bond acceptors (Lipinski definition) is 6. The maximum absolute atomic E-state index is 12.6. The summed E-state index contributed by atoms with van der Waals surface area (Å²) in [6.45, 7) is 6.64. The van der Waals surface area contributed by atoms with Crippen LogP contribution in [0.15, 0.2) is 72.8 Å². The van der Waals surface area contributed by atoms with E-state index in [0.29, 0.717) is 16.1 Å². The van der Waals surface area contributed by atoms with Crippen LogP contribution in [0.2, 0.25) is 5.02 Å². The van der Waals surface area contributed by atoms with Crippen LogP contribution in [0.25, 0.3) is 0 Å². The molecule has 0 saturated carbocycles. The second-order valence-electron chi connectivity index (χ2n) is 9.38. The fourth-order valence-corrected chi connectivity index (χ4v) is 4.72. The molecule has 1 amide bonds. The summed E-state index contributed by atoms with van der Waals surface area (Å²) in [5, 5.41) is 20.0. The molecule has 1 aliphatic rings. The van der Waals surface area contributed by atoms with Crippen LogP contribution in [-0.4, -0.2) is 49.9 Å². The number of amides is 1. The van der Waals surface area contributed by atoms with E-state index in [9.17, 15) is 4.79 Å². The van der Waals surface area contributed by atoms with E-state index in [0.717, 1.165) is 38.3 Å². The standard InChI is InChI=1S/C30H33ClN4O3/c1-20(32)29(34-30(36)38-21(2)26-5-3-4-6-27(26)31)28(33)24-11-7-22(8-12-24)19-23-9-13-25(14-10-23)35-15-17-37-18-16-35/h3-14,21,29,32-33H,15-19H2,1-2H3,(H,34,36). The van der Waals surface area contributed by atoms with Crippen molar-refractivity contribution >= 4 is 34.8 Å². The van der Waals surface area contributed by atoms with Gasteiger partial charge in [0.2, 0.25) is 0 Å². The maximum Gasteiger partial charge on any atom is 0.408 e. The van der Waals surface area contributed by atoms with Crippen molar-refractivity contribution in [3.63, 3.8) is 0 Å². The first-order chi connectivity index (χ1) is 18.3. The van der Waals surface area contributed by atoms with Crippen molar-refractivity contribution in [1.82, 2.24) is 5.32 Å². The van der Waals surface area contributed by atoms with Gasteiger partial charge in [0.25, 0.3) is 0 Å². The van der Waals surface area contributed by atoms with E-state index in [4.69, 9.17) is 31.9 Å². The number of halogens is 1. The SMILES string of the molecule is CC(=N)C(NC(=O)OC(C)c1ccccc1Cl)C(=N)c1ccc(Cc2ccc(N3CCOCC3)cc2)cc1.